The molecule has 0 saturated heterocycles. The summed E-state index contributed by atoms with van der Waals surface area (Å²) < 4.78 is 0. The quantitative estimate of drug-likeness (QED) is 0.597. The second-order valence-corrected chi connectivity index (χ2v) is 6.47. The summed E-state index contributed by atoms with van der Waals surface area (Å²) in [4.78, 5) is 11.5. The van der Waals surface area contributed by atoms with Crippen molar-refractivity contribution in [2.24, 2.45) is 0 Å². The van der Waals surface area contributed by atoms with Gasteiger partial charge in [-0.05, 0) is 52.5 Å². The zero-order valence-corrected chi connectivity index (χ0v) is 17.6. The van der Waals surface area contributed by atoms with Crippen molar-refractivity contribution in [1.29, 1.82) is 0 Å². The van der Waals surface area contributed by atoms with E-state index in [4.69, 9.17) is 0 Å². The molecule has 0 heterocycles. The van der Waals surface area contributed by atoms with Crippen molar-refractivity contribution in [2.75, 3.05) is 27.2 Å². The van der Waals surface area contributed by atoms with Gasteiger partial charge < -0.3 is 15.7 Å². The van der Waals surface area contributed by atoms with E-state index in [1.54, 1.807) is 0 Å². The number of hydrogen-bond donors (Lipinski definition) is 3. The molecule has 0 aliphatic heterocycles. The second-order valence-electron chi connectivity index (χ2n) is 6.47. The Balaban J connectivity index is 0.000000483. The Morgan fingerprint density at radius 2 is 1.56 bits per heavy atom. The summed E-state index contributed by atoms with van der Waals surface area (Å²) in [7, 11) is 3.74. The predicted octanol–water partition coefficient (Wildman–Crippen LogP) is 3.85. The van der Waals surface area contributed by atoms with Crippen LogP contribution in [0.25, 0.3) is 0 Å². The first-order valence-electron chi connectivity index (χ1n) is 9.11. The van der Waals surface area contributed by atoms with Crippen molar-refractivity contribution < 1.29 is 9.90 Å². The van der Waals surface area contributed by atoms with Crippen LogP contribution in [-0.4, -0.2) is 38.1 Å². The fourth-order valence-electron chi connectivity index (χ4n) is 2.53. The van der Waals surface area contributed by atoms with Gasteiger partial charge >= 0.3 is 0 Å². The lowest BCUT2D eigenvalue weighted by Crippen LogP contribution is -2.13. The molecule has 0 aliphatic rings. The molecular weight excluding hydrogens is 360 g/mol. The summed E-state index contributed by atoms with van der Waals surface area (Å²) >= 11 is 0. The van der Waals surface area contributed by atoms with Crippen molar-refractivity contribution in [2.45, 2.75) is 32.8 Å². The van der Waals surface area contributed by atoms with Gasteiger partial charge in [0.15, 0.2) is 5.78 Å². The number of aliphatic hydroxyl groups excluding tert-OH is 1. The number of rotatable bonds is 8. The SMILES string of the molecule is CNCCC(=O)c1cccc(C)c1.CNCC[C@@H](O)c1cccc(C)c1.Cl. The number of carbonyl (C=O) groups excluding carboxylic acids is 1. The predicted molar refractivity (Wildman–Crippen MR) is 116 cm³/mol. The summed E-state index contributed by atoms with van der Waals surface area (Å²) in [5.74, 6) is 0.207. The van der Waals surface area contributed by atoms with E-state index in [1.807, 2.05) is 76.5 Å². The highest BCUT2D eigenvalue weighted by Crippen LogP contribution is 2.16. The minimum atomic E-state index is -0.340. The zero-order chi connectivity index (χ0) is 19.4. The molecule has 0 aliphatic carbocycles. The Labute approximate surface area is 169 Å². The number of aliphatic hydroxyl groups is 1. The third-order valence-electron chi connectivity index (χ3n) is 4.04. The van der Waals surface area contributed by atoms with Crippen LogP contribution < -0.4 is 10.6 Å². The van der Waals surface area contributed by atoms with Gasteiger partial charge in [0.1, 0.15) is 0 Å². The topological polar surface area (TPSA) is 61.4 Å². The van der Waals surface area contributed by atoms with E-state index in [2.05, 4.69) is 10.6 Å². The summed E-state index contributed by atoms with van der Waals surface area (Å²) in [5.41, 5.74) is 4.15. The van der Waals surface area contributed by atoms with Crippen molar-refractivity contribution >= 4 is 18.2 Å². The Kier molecular flexibility index (Phi) is 13.4. The Morgan fingerprint density at radius 1 is 0.963 bits per heavy atom. The zero-order valence-electron chi connectivity index (χ0n) is 16.8. The fraction of sp³-hybridized carbons (Fsp3) is 0.409. The average molecular weight is 393 g/mol. The van der Waals surface area contributed by atoms with E-state index in [-0.39, 0.29) is 24.3 Å². The van der Waals surface area contributed by atoms with Gasteiger partial charge in [-0.2, -0.15) is 0 Å². The molecule has 0 fully saturated rings. The Hall–Kier alpha value is -1.72. The number of carbonyl (C=O) groups is 1. The fourth-order valence-corrected chi connectivity index (χ4v) is 2.53. The van der Waals surface area contributed by atoms with Crippen LogP contribution >= 0.6 is 12.4 Å². The van der Waals surface area contributed by atoms with Gasteiger partial charge in [-0.1, -0.05) is 53.6 Å². The van der Waals surface area contributed by atoms with Gasteiger partial charge in [0.05, 0.1) is 6.10 Å². The molecule has 2 aromatic carbocycles. The number of Topliss-reactive ketones (excluding diaryl/α,β-unsaturated/α-hetero) is 1. The van der Waals surface area contributed by atoms with Crippen LogP contribution in [-0.2, 0) is 0 Å². The van der Waals surface area contributed by atoms with E-state index in [0.717, 1.165) is 36.2 Å². The van der Waals surface area contributed by atoms with Crippen molar-refractivity contribution in [3.05, 3.63) is 70.8 Å². The highest BCUT2D eigenvalue weighted by Gasteiger charge is 2.06. The lowest BCUT2D eigenvalue weighted by Gasteiger charge is -2.10. The van der Waals surface area contributed by atoms with Crippen LogP contribution in [0.1, 0.15) is 46.0 Å². The van der Waals surface area contributed by atoms with Crippen molar-refractivity contribution in [3.8, 4) is 0 Å². The molecule has 1 atom stereocenters. The maximum Gasteiger partial charge on any atom is 0.164 e. The van der Waals surface area contributed by atoms with Crippen LogP contribution in [0, 0.1) is 13.8 Å². The van der Waals surface area contributed by atoms with Gasteiger partial charge in [0.2, 0.25) is 0 Å². The molecule has 150 valence electrons. The van der Waals surface area contributed by atoms with E-state index in [0.29, 0.717) is 6.42 Å². The summed E-state index contributed by atoms with van der Waals surface area (Å²) in [6.45, 7) is 5.62. The average Bonchev–Trinajstić information content (AvgIpc) is 2.64. The molecule has 0 radical (unpaired) electrons. The minimum Gasteiger partial charge on any atom is -0.388 e. The first-order valence-corrected chi connectivity index (χ1v) is 9.11. The van der Waals surface area contributed by atoms with Crippen LogP contribution in [0.3, 0.4) is 0 Å². The smallest absolute Gasteiger partial charge is 0.164 e. The first kappa shape index (κ1) is 25.3. The largest absolute Gasteiger partial charge is 0.388 e. The molecule has 0 bridgehead atoms. The first-order chi connectivity index (χ1) is 12.5. The van der Waals surface area contributed by atoms with E-state index in [1.165, 1.54) is 5.56 Å². The minimum absolute atomic E-state index is 0. The lowest BCUT2D eigenvalue weighted by molar-refractivity contribution is 0.0983. The van der Waals surface area contributed by atoms with Crippen molar-refractivity contribution in [3.63, 3.8) is 0 Å². The van der Waals surface area contributed by atoms with E-state index >= 15 is 0 Å². The highest BCUT2D eigenvalue weighted by atomic mass is 35.5. The molecule has 0 saturated carbocycles. The molecular formula is C22H33ClN2O2. The Morgan fingerprint density at radius 3 is 2.11 bits per heavy atom. The van der Waals surface area contributed by atoms with Gasteiger partial charge in [-0.25, -0.2) is 0 Å². The molecule has 2 aromatic rings. The van der Waals surface area contributed by atoms with Gasteiger partial charge in [0.25, 0.3) is 0 Å². The maximum atomic E-state index is 11.5. The number of hydrogen-bond acceptors (Lipinski definition) is 4. The third kappa shape index (κ3) is 10.3. The number of nitrogens with one attached hydrogen (secondary N) is 2. The third-order valence-corrected chi connectivity index (χ3v) is 4.04. The highest BCUT2D eigenvalue weighted by molar-refractivity contribution is 5.96. The molecule has 0 unspecified atom stereocenters. The summed E-state index contributed by atoms with van der Waals surface area (Å²) in [6, 6.07) is 15.7. The van der Waals surface area contributed by atoms with Crippen LogP contribution in [0.5, 0.6) is 0 Å². The lowest BCUT2D eigenvalue weighted by atomic mass is 10.0. The van der Waals surface area contributed by atoms with Gasteiger partial charge in [-0.15, -0.1) is 12.4 Å². The molecule has 4 nitrogen and oxygen atoms in total. The molecule has 0 spiro atoms. The van der Waals surface area contributed by atoms with E-state index in [9.17, 15) is 9.90 Å². The molecule has 2 rings (SSSR count). The van der Waals surface area contributed by atoms with Gasteiger partial charge in [-0.3, -0.25) is 4.79 Å². The monoisotopic (exact) mass is 392 g/mol. The second kappa shape index (κ2) is 14.4. The number of ketones is 1. The van der Waals surface area contributed by atoms with E-state index < -0.39 is 0 Å². The molecule has 0 aromatic heterocycles. The summed E-state index contributed by atoms with van der Waals surface area (Å²) in [6.07, 6.45) is 0.993. The van der Waals surface area contributed by atoms with Crippen molar-refractivity contribution in [1.82, 2.24) is 10.6 Å². The van der Waals surface area contributed by atoms with Crippen LogP contribution in [0.4, 0.5) is 0 Å². The molecule has 0 amide bonds. The number of benzene rings is 2. The number of aryl methyl sites for hydroxylation is 2. The molecule has 5 heteroatoms. The van der Waals surface area contributed by atoms with Gasteiger partial charge in [0, 0.05) is 18.5 Å². The normalized spacial score (nSPS) is 11.0. The summed E-state index contributed by atoms with van der Waals surface area (Å²) in [5, 5.41) is 15.7. The molecule has 3 N–H and O–H groups in total. The van der Waals surface area contributed by atoms with Crippen LogP contribution in [0.2, 0.25) is 0 Å². The molecule has 27 heavy (non-hydrogen) atoms. The standard InChI is InChI=1S/C11H17NO.C11H15NO.ClH/c2*1-9-4-3-5-10(8-9)11(13)6-7-12-2;/h3-5,8,11-13H,6-7H2,1-2H3;3-5,8,12H,6-7H2,1-2H3;1H/t11-;;/m1../s1. The Bertz CT molecular complexity index is 677. The number of halogens is 1. The van der Waals surface area contributed by atoms with Crippen LogP contribution in [0.15, 0.2) is 48.5 Å². The maximum absolute atomic E-state index is 11.5.